The molecule has 140 valence electrons. The summed E-state index contributed by atoms with van der Waals surface area (Å²) in [6, 6.07) is 13.6. The fraction of sp³-hybridized carbons (Fsp3) is 0.300. The molecule has 0 saturated carbocycles. The zero-order valence-corrected chi connectivity index (χ0v) is 15.2. The Bertz CT molecular complexity index is 867. The number of carboxylic acids is 1. The molecular formula is C20H18ClNO5. The quantitative estimate of drug-likeness (QED) is 0.851. The average Bonchev–Trinajstić information content (AvgIpc) is 3.19. The molecule has 1 amide bonds. The van der Waals surface area contributed by atoms with Crippen LogP contribution in [0.15, 0.2) is 48.5 Å². The minimum absolute atomic E-state index is 0.0678. The number of amides is 1. The third kappa shape index (κ3) is 3.26. The first-order chi connectivity index (χ1) is 13.0. The van der Waals surface area contributed by atoms with E-state index in [2.05, 4.69) is 0 Å². The number of carbonyl (C=O) groups excluding carboxylic acids is 1. The van der Waals surface area contributed by atoms with Gasteiger partial charge in [0, 0.05) is 23.4 Å². The maximum absolute atomic E-state index is 12.3. The highest BCUT2D eigenvalue weighted by Crippen LogP contribution is 2.46. The molecule has 0 aliphatic carbocycles. The maximum atomic E-state index is 12.3. The number of carbonyl (C=O) groups is 2. The van der Waals surface area contributed by atoms with Gasteiger partial charge in [-0.2, -0.15) is 0 Å². The molecule has 0 bridgehead atoms. The molecule has 6 nitrogen and oxygen atoms in total. The lowest BCUT2D eigenvalue weighted by molar-refractivity contribution is -0.140. The van der Waals surface area contributed by atoms with Gasteiger partial charge in [0.25, 0.3) is 0 Å². The lowest BCUT2D eigenvalue weighted by Crippen LogP contribution is -2.38. The fourth-order valence-corrected chi connectivity index (χ4v) is 3.81. The van der Waals surface area contributed by atoms with Crippen LogP contribution in [0.2, 0.25) is 5.02 Å². The first-order valence-corrected chi connectivity index (χ1v) is 9.06. The number of fused-ring (bicyclic) bond motifs is 1. The minimum atomic E-state index is -0.982. The van der Waals surface area contributed by atoms with Crippen LogP contribution >= 0.6 is 11.6 Å². The Morgan fingerprint density at radius 1 is 1.22 bits per heavy atom. The summed E-state index contributed by atoms with van der Waals surface area (Å²) in [7, 11) is 0. The van der Waals surface area contributed by atoms with Crippen molar-refractivity contribution in [3.05, 3.63) is 64.7 Å². The van der Waals surface area contributed by atoms with Crippen LogP contribution in [-0.4, -0.2) is 41.1 Å². The predicted molar refractivity (Wildman–Crippen MR) is 97.8 cm³/mol. The molecule has 0 aromatic heterocycles. The Morgan fingerprint density at radius 2 is 1.93 bits per heavy atom. The van der Waals surface area contributed by atoms with Crippen LogP contribution in [0, 0.1) is 0 Å². The molecule has 4 rings (SSSR count). The van der Waals surface area contributed by atoms with Gasteiger partial charge in [0.2, 0.25) is 5.91 Å². The van der Waals surface area contributed by atoms with Gasteiger partial charge in [-0.3, -0.25) is 4.79 Å². The molecule has 2 aromatic rings. The van der Waals surface area contributed by atoms with Crippen molar-refractivity contribution in [3.8, 4) is 5.75 Å². The summed E-state index contributed by atoms with van der Waals surface area (Å²) in [4.78, 5) is 25.0. The number of ether oxygens (including phenoxy) is 2. The second-order valence-corrected chi connectivity index (χ2v) is 7.11. The number of carboxylic acid groups (broad SMARTS) is 1. The van der Waals surface area contributed by atoms with Gasteiger partial charge in [-0.15, -0.1) is 0 Å². The number of aromatic carboxylic acids is 1. The molecule has 2 aliphatic rings. The monoisotopic (exact) mass is 387 g/mol. The van der Waals surface area contributed by atoms with Crippen LogP contribution in [0.3, 0.4) is 0 Å². The van der Waals surface area contributed by atoms with Crippen LogP contribution in [0.1, 0.15) is 28.8 Å². The van der Waals surface area contributed by atoms with E-state index in [-0.39, 0.29) is 24.2 Å². The second kappa shape index (κ2) is 6.87. The molecule has 2 unspecified atom stereocenters. The molecule has 2 heterocycles. The lowest BCUT2D eigenvalue weighted by atomic mass is 10.0. The molecule has 0 radical (unpaired) electrons. The molecule has 0 spiro atoms. The molecule has 27 heavy (non-hydrogen) atoms. The molecule has 2 aliphatic heterocycles. The van der Waals surface area contributed by atoms with E-state index >= 15 is 0 Å². The Hall–Kier alpha value is -2.57. The number of nitrogens with zero attached hydrogens (tertiary/aromatic N) is 1. The molecule has 2 atom stereocenters. The SMILES string of the molecule is O=C(O)c1ccc(OCC2CN3C(=O)CCC3(c3ccc(Cl)cc3)O2)cc1. The van der Waals surface area contributed by atoms with Gasteiger partial charge in [0.1, 0.15) is 18.5 Å². The highest BCUT2D eigenvalue weighted by atomic mass is 35.5. The van der Waals surface area contributed by atoms with Crippen molar-refractivity contribution in [2.75, 3.05) is 13.2 Å². The highest BCUT2D eigenvalue weighted by molar-refractivity contribution is 6.30. The maximum Gasteiger partial charge on any atom is 0.335 e. The van der Waals surface area contributed by atoms with E-state index in [0.29, 0.717) is 30.2 Å². The number of hydrogen-bond donors (Lipinski definition) is 1. The van der Waals surface area contributed by atoms with Crippen molar-refractivity contribution in [2.45, 2.75) is 24.7 Å². The normalized spacial score (nSPS) is 24.1. The molecule has 2 aromatic carbocycles. The predicted octanol–water partition coefficient (Wildman–Crippen LogP) is 3.29. The Labute approximate surface area is 161 Å². The van der Waals surface area contributed by atoms with Crippen molar-refractivity contribution in [1.82, 2.24) is 4.90 Å². The molecular weight excluding hydrogens is 370 g/mol. The summed E-state index contributed by atoms with van der Waals surface area (Å²) in [5, 5.41) is 9.58. The van der Waals surface area contributed by atoms with E-state index in [4.69, 9.17) is 26.2 Å². The standard InChI is InChI=1S/C20H18ClNO5/c21-15-5-3-14(4-6-15)20-10-9-18(23)22(20)11-17(27-20)12-26-16-7-1-13(2-8-16)19(24)25/h1-8,17H,9-12H2,(H,24,25). The molecule has 2 saturated heterocycles. The van der Waals surface area contributed by atoms with E-state index in [1.807, 2.05) is 12.1 Å². The average molecular weight is 388 g/mol. The third-order valence-electron chi connectivity index (χ3n) is 5.00. The molecule has 2 fully saturated rings. The van der Waals surface area contributed by atoms with Crippen LogP contribution < -0.4 is 4.74 Å². The van der Waals surface area contributed by atoms with E-state index < -0.39 is 11.7 Å². The second-order valence-electron chi connectivity index (χ2n) is 6.68. The summed E-state index contributed by atoms with van der Waals surface area (Å²) in [6.07, 6.45) is 0.772. The Balaban J connectivity index is 1.47. The van der Waals surface area contributed by atoms with Gasteiger partial charge in [0.05, 0.1) is 12.1 Å². The van der Waals surface area contributed by atoms with Crippen molar-refractivity contribution >= 4 is 23.5 Å². The lowest BCUT2D eigenvalue weighted by Gasteiger charge is -2.31. The van der Waals surface area contributed by atoms with Crippen LogP contribution in [0.25, 0.3) is 0 Å². The Morgan fingerprint density at radius 3 is 2.59 bits per heavy atom. The fourth-order valence-electron chi connectivity index (χ4n) is 3.68. The number of rotatable bonds is 5. The summed E-state index contributed by atoms with van der Waals surface area (Å²) >= 11 is 5.99. The first-order valence-electron chi connectivity index (χ1n) is 8.68. The van der Waals surface area contributed by atoms with Gasteiger partial charge in [-0.25, -0.2) is 4.79 Å². The largest absolute Gasteiger partial charge is 0.491 e. The van der Waals surface area contributed by atoms with E-state index in [1.54, 1.807) is 29.2 Å². The van der Waals surface area contributed by atoms with Gasteiger partial charge in [0.15, 0.2) is 5.72 Å². The topological polar surface area (TPSA) is 76.1 Å². The molecule has 7 heteroatoms. The number of benzene rings is 2. The summed E-state index contributed by atoms with van der Waals surface area (Å²) < 4.78 is 12.0. The summed E-state index contributed by atoms with van der Waals surface area (Å²) in [5.41, 5.74) is 0.349. The van der Waals surface area contributed by atoms with E-state index in [1.165, 1.54) is 12.1 Å². The van der Waals surface area contributed by atoms with E-state index in [0.717, 1.165) is 5.56 Å². The number of halogens is 1. The number of hydrogen-bond acceptors (Lipinski definition) is 4. The van der Waals surface area contributed by atoms with Crippen molar-refractivity contribution in [2.24, 2.45) is 0 Å². The van der Waals surface area contributed by atoms with E-state index in [9.17, 15) is 9.59 Å². The van der Waals surface area contributed by atoms with Crippen molar-refractivity contribution in [3.63, 3.8) is 0 Å². The first kappa shape index (κ1) is 17.8. The Kier molecular flexibility index (Phi) is 4.53. The van der Waals surface area contributed by atoms with Crippen LogP contribution in [0.4, 0.5) is 0 Å². The zero-order valence-electron chi connectivity index (χ0n) is 14.4. The van der Waals surface area contributed by atoms with Crippen molar-refractivity contribution in [1.29, 1.82) is 0 Å². The van der Waals surface area contributed by atoms with Crippen molar-refractivity contribution < 1.29 is 24.2 Å². The highest BCUT2D eigenvalue weighted by Gasteiger charge is 2.54. The van der Waals surface area contributed by atoms with Gasteiger partial charge in [-0.1, -0.05) is 23.7 Å². The molecule has 1 N–H and O–H groups in total. The summed E-state index contributed by atoms with van der Waals surface area (Å²) in [6.45, 7) is 0.722. The zero-order chi connectivity index (χ0) is 19.0. The summed E-state index contributed by atoms with van der Waals surface area (Å²) in [5.74, 6) is -0.356. The van der Waals surface area contributed by atoms with Crippen LogP contribution in [-0.2, 0) is 15.3 Å². The van der Waals surface area contributed by atoms with Gasteiger partial charge < -0.3 is 19.5 Å². The van der Waals surface area contributed by atoms with Gasteiger partial charge in [-0.05, 0) is 36.4 Å². The van der Waals surface area contributed by atoms with Crippen LogP contribution in [0.5, 0.6) is 5.75 Å². The third-order valence-corrected chi connectivity index (χ3v) is 5.25. The smallest absolute Gasteiger partial charge is 0.335 e. The van der Waals surface area contributed by atoms with Gasteiger partial charge >= 0.3 is 5.97 Å². The minimum Gasteiger partial charge on any atom is -0.491 e.